The Hall–Kier alpha value is -3.29. The van der Waals surface area contributed by atoms with E-state index in [1.807, 2.05) is 26.8 Å². The predicted molar refractivity (Wildman–Crippen MR) is 113 cm³/mol. The molecule has 3 aromatic rings. The zero-order valence-corrected chi connectivity index (χ0v) is 17.9. The number of carbonyl (C=O) groups is 2. The van der Waals surface area contributed by atoms with Crippen LogP contribution in [-0.2, 0) is 9.53 Å². The molecule has 0 bridgehead atoms. The fraction of sp³-hybridized carbons (Fsp3) is 0.409. The zero-order chi connectivity index (χ0) is 21.8. The van der Waals surface area contributed by atoms with Gasteiger partial charge >= 0.3 is 5.97 Å². The van der Waals surface area contributed by atoms with Gasteiger partial charge in [0.1, 0.15) is 17.2 Å². The van der Waals surface area contributed by atoms with Crippen molar-refractivity contribution >= 4 is 28.7 Å². The van der Waals surface area contributed by atoms with Gasteiger partial charge in [-0.1, -0.05) is 6.92 Å². The molecule has 8 nitrogen and oxygen atoms in total. The summed E-state index contributed by atoms with van der Waals surface area (Å²) in [5, 5.41) is 7.76. The van der Waals surface area contributed by atoms with Gasteiger partial charge in [-0.25, -0.2) is 9.48 Å². The van der Waals surface area contributed by atoms with Gasteiger partial charge in [-0.3, -0.25) is 4.79 Å². The summed E-state index contributed by atoms with van der Waals surface area (Å²) in [6.07, 6.45) is 1.47. The van der Waals surface area contributed by atoms with Crippen LogP contribution < -0.4 is 10.1 Å². The Morgan fingerprint density at radius 1 is 1.23 bits per heavy atom. The standard InChI is InChI=1S/C22H27N3O5/c1-6-13(3)25-19(10-11-23-25)24-21(26)15(5)29-22(27)20-14(4)17-12-16(28-7-2)8-9-18(17)30-20/h8-13,15H,6-7H2,1-5H3,(H,24,26)/t13-,15-/m1/s1. The Bertz CT molecular complexity index is 1050. The van der Waals surface area contributed by atoms with Gasteiger partial charge in [0, 0.05) is 17.0 Å². The van der Waals surface area contributed by atoms with Crippen LogP contribution in [0.2, 0.25) is 0 Å². The van der Waals surface area contributed by atoms with Gasteiger partial charge in [0.05, 0.1) is 18.8 Å². The molecule has 0 aliphatic heterocycles. The highest BCUT2D eigenvalue weighted by Crippen LogP contribution is 2.29. The van der Waals surface area contributed by atoms with Crippen LogP contribution in [0.15, 0.2) is 34.9 Å². The molecule has 30 heavy (non-hydrogen) atoms. The van der Waals surface area contributed by atoms with Crippen molar-refractivity contribution < 1.29 is 23.5 Å². The lowest BCUT2D eigenvalue weighted by Crippen LogP contribution is -2.31. The summed E-state index contributed by atoms with van der Waals surface area (Å²) >= 11 is 0. The molecule has 2 atom stereocenters. The average molecular weight is 413 g/mol. The van der Waals surface area contributed by atoms with Crippen LogP contribution in [0.25, 0.3) is 11.0 Å². The van der Waals surface area contributed by atoms with Gasteiger partial charge in [0.15, 0.2) is 6.10 Å². The van der Waals surface area contributed by atoms with E-state index in [0.717, 1.165) is 11.8 Å². The van der Waals surface area contributed by atoms with E-state index in [0.29, 0.717) is 29.3 Å². The maximum absolute atomic E-state index is 12.6. The molecule has 0 unspecified atom stereocenters. The van der Waals surface area contributed by atoms with Crippen LogP contribution >= 0.6 is 0 Å². The first-order valence-electron chi connectivity index (χ1n) is 10.1. The highest BCUT2D eigenvalue weighted by atomic mass is 16.6. The summed E-state index contributed by atoms with van der Waals surface area (Å²) in [5.74, 6) is 0.184. The molecule has 2 aromatic heterocycles. The van der Waals surface area contributed by atoms with Crippen molar-refractivity contribution in [2.45, 2.75) is 53.2 Å². The Morgan fingerprint density at radius 3 is 2.70 bits per heavy atom. The van der Waals surface area contributed by atoms with Gasteiger partial charge in [-0.15, -0.1) is 0 Å². The summed E-state index contributed by atoms with van der Waals surface area (Å²) in [6.45, 7) is 9.77. The van der Waals surface area contributed by atoms with E-state index in [-0.39, 0.29) is 11.8 Å². The first-order valence-corrected chi connectivity index (χ1v) is 10.1. The number of anilines is 1. The molecule has 0 radical (unpaired) electrons. The third-order valence-electron chi connectivity index (χ3n) is 4.99. The number of fused-ring (bicyclic) bond motifs is 1. The van der Waals surface area contributed by atoms with Gasteiger partial charge < -0.3 is 19.2 Å². The van der Waals surface area contributed by atoms with Crippen molar-refractivity contribution in [2.75, 3.05) is 11.9 Å². The fourth-order valence-electron chi connectivity index (χ4n) is 3.08. The lowest BCUT2D eigenvalue weighted by atomic mass is 10.1. The molecule has 1 amide bonds. The van der Waals surface area contributed by atoms with Gasteiger partial charge in [0.2, 0.25) is 5.76 Å². The second-order valence-corrected chi connectivity index (χ2v) is 7.10. The predicted octanol–water partition coefficient (Wildman–Crippen LogP) is 4.49. The number of ether oxygens (including phenoxy) is 2. The largest absolute Gasteiger partial charge is 0.494 e. The summed E-state index contributed by atoms with van der Waals surface area (Å²) in [4.78, 5) is 25.2. The van der Waals surface area contributed by atoms with Crippen molar-refractivity contribution in [2.24, 2.45) is 0 Å². The number of aryl methyl sites for hydroxylation is 1. The van der Waals surface area contributed by atoms with E-state index >= 15 is 0 Å². The van der Waals surface area contributed by atoms with E-state index in [2.05, 4.69) is 10.4 Å². The number of hydrogen-bond acceptors (Lipinski definition) is 6. The molecule has 2 heterocycles. The first kappa shape index (κ1) is 21.4. The molecule has 8 heteroatoms. The molecule has 0 spiro atoms. The number of esters is 1. The van der Waals surface area contributed by atoms with Crippen molar-refractivity contribution in [3.63, 3.8) is 0 Å². The zero-order valence-electron chi connectivity index (χ0n) is 17.9. The third-order valence-corrected chi connectivity index (χ3v) is 4.99. The van der Waals surface area contributed by atoms with Crippen molar-refractivity contribution in [1.82, 2.24) is 9.78 Å². The lowest BCUT2D eigenvalue weighted by Gasteiger charge is -2.16. The molecule has 0 aliphatic carbocycles. The topological polar surface area (TPSA) is 95.6 Å². The Morgan fingerprint density at radius 2 is 2.00 bits per heavy atom. The summed E-state index contributed by atoms with van der Waals surface area (Å²) < 4.78 is 18.3. The monoisotopic (exact) mass is 413 g/mol. The van der Waals surface area contributed by atoms with Crippen LogP contribution in [0, 0.1) is 6.92 Å². The lowest BCUT2D eigenvalue weighted by molar-refractivity contribution is -0.123. The molecule has 3 rings (SSSR count). The Labute approximate surface area is 175 Å². The van der Waals surface area contributed by atoms with E-state index < -0.39 is 18.0 Å². The summed E-state index contributed by atoms with van der Waals surface area (Å²) in [5.41, 5.74) is 1.19. The smallest absolute Gasteiger partial charge is 0.375 e. The van der Waals surface area contributed by atoms with Crippen LogP contribution in [0.5, 0.6) is 5.75 Å². The third kappa shape index (κ3) is 4.32. The molecule has 1 aromatic carbocycles. The first-order chi connectivity index (χ1) is 14.3. The Kier molecular flexibility index (Phi) is 6.44. The molecule has 0 fully saturated rings. The van der Waals surface area contributed by atoms with Gasteiger partial charge in [0.25, 0.3) is 5.91 Å². The molecular formula is C22H27N3O5. The van der Waals surface area contributed by atoms with E-state index in [4.69, 9.17) is 13.9 Å². The number of rotatable bonds is 8. The quantitative estimate of drug-likeness (QED) is 0.547. The number of nitrogens with one attached hydrogen (secondary N) is 1. The second kappa shape index (κ2) is 9.02. The maximum Gasteiger partial charge on any atom is 0.375 e. The van der Waals surface area contributed by atoms with E-state index in [1.165, 1.54) is 6.92 Å². The molecule has 0 saturated carbocycles. The molecular weight excluding hydrogens is 386 g/mol. The average Bonchev–Trinajstić information content (AvgIpc) is 3.32. The molecule has 0 saturated heterocycles. The van der Waals surface area contributed by atoms with Crippen LogP contribution in [0.4, 0.5) is 5.82 Å². The minimum Gasteiger partial charge on any atom is -0.494 e. The minimum absolute atomic E-state index is 0.0722. The van der Waals surface area contributed by atoms with Crippen LogP contribution in [0.1, 0.15) is 56.3 Å². The molecule has 0 aliphatic rings. The summed E-state index contributed by atoms with van der Waals surface area (Å²) in [6, 6.07) is 7.18. The van der Waals surface area contributed by atoms with E-state index in [9.17, 15) is 9.59 Å². The number of hydrogen-bond donors (Lipinski definition) is 1. The van der Waals surface area contributed by atoms with Crippen molar-refractivity contribution in [1.29, 1.82) is 0 Å². The second-order valence-electron chi connectivity index (χ2n) is 7.10. The molecule has 160 valence electrons. The van der Waals surface area contributed by atoms with Gasteiger partial charge in [-0.2, -0.15) is 5.10 Å². The Balaban J connectivity index is 1.71. The number of benzene rings is 1. The van der Waals surface area contributed by atoms with E-state index in [1.54, 1.807) is 36.0 Å². The maximum atomic E-state index is 12.6. The number of nitrogens with zero attached hydrogens (tertiary/aromatic N) is 2. The number of amides is 1. The SMILES string of the molecule is CCOc1ccc2oc(C(=O)O[C@H](C)C(=O)Nc3ccnn3[C@H](C)CC)c(C)c2c1. The summed E-state index contributed by atoms with van der Waals surface area (Å²) in [7, 11) is 0. The van der Waals surface area contributed by atoms with Gasteiger partial charge in [-0.05, 0) is 52.3 Å². The normalized spacial score (nSPS) is 13.1. The molecule has 1 N–H and O–H groups in total. The highest BCUT2D eigenvalue weighted by molar-refractivity contribution is 5.99. The van der Waals surface area contributed by atoms with Crippen LogP contribution in [-0.4, -0.2) is 34.4 Å². The van der Waals surface area contributed by atoms with Crippen LogP contribution in [0.3, 0.4) is 0 Å². The minimum atomic E-state index is -1.01. The number of carbonyl (C=O) groups excluding carboxylic acids is 2. The number of furan rings is 1. The van der Waals surface area contributed by atoms with Crippen molar-refractivity contribution in [3.05, 3.63) is 41.8 Å². The highest BCUT2D eigenvalue weighted by Gasteiger charge is 2.25. The fourth-order valence-corrected chi connectivity index (χ4v) is 3.08. The van der Waals surface area contributed by atoms with Crippen molar-refractivity contribution in [3.8, 4) is 5.75 Å². The number of aromatic nitrogens is 2.